The lowest BCUT2D eigenvalue weighted by molar-refractivity contribution is -0.139. The normalized spacial score (nSPS) is 19.9. The fourth-order valence-corrected chi connectivity index (χ4v) is 2.32. The molecule has 1 aromatic rings. The van der Waals surface area contributed by atoms with Crippen molar-refractivity contribution in [1.82, 2.24) is 5.32 Å². The summed E-state index contributed by atoms with van der Waals surface area (Å²) < 4.78 is 0. The summed E-state index contributed by atoms with van der Waals surface area (Å²) in [5, 5.41) is 21.3. The van der Waals surface area contributed by atoms with Gasteiger partial charge in [-0.1, -0.05) is 24.3 Å². The third-order valence-corrected chi connectivity index (χ3v) is 3.14. The zero-order valence-corrected chi connectivity index (χ0v) is 9.60. The van der Waals surface area contributed by atoms with Gasteiger partial charge in [0.2, 0.25) is 0 Å². The summed E-state index contributed by atoms with van der Waals surface area (Å²) in [7, 11) is 0. The number of aryl methyl sites for hydroxylation is 1. The maximum Gasteiger partial charge on any atom is 0.306 e. The van der Waals surface area contributed by atoms with Crippen LogP contribution in [-0.2, 0) is 11.2 Å². The number of hydrogen-bond acceptors (Lipinski definition) is 3. The van der Waals surface area contributed by atoms with Crippen molar-refractivity contribution < 1.29 is 15.0 Å². The molecule has 0 bridgehead atoms. The lowest BCUT2D eigenvalue weighted by Gasteiger charge is -2.16. The smallest absolute Gasteiger partial charge is 0.306 e. The van der Waals surface area contributed by atoms with Crippen molar-refractivity contribution in [3.8, 4) is 0 Å². The number of carbonyl (C=O) groups is 1. The number of aliphatic carboxylic acids is 1. The number of aliphatic hydroxyl groups is 1. The Morgan fingerprint density at radius 2 is 2.24 bits per heavy atom. The largest absolute Gasteiger partial charge is 0.481 e. The molecular weight excluding hydrogens is 218 g/mol. The second kappa shape index (κ2) is 5.29. The van der Waals surface area contributed by atoms with Crippen LogP contribution in [0.15, 0.2) is 24.3 Å². The van der Waals surface area contributed by atoms with E-state index in [1.165, 1.54) is 11.1 Å². The molecule has 0 saturated heterocycles. The molecule has 17 heavy (non-hydrogen) atoms. The van der Waals surface area contributed by atoms with Gasteiger partial charge in [-0.05, 0) is 24.0 Å². The Bertz CT molecular complexity index is 405. The Kier molecular flexibility index (Phi) is 3.76. The zero-order chi connectivity index (χ0) is 12.3. The van der Waals surface area contributed by atoms with E-state index in [0.29, 0.717) is 6.54 Å². The number of carboxylic acids is 1. The van der Waals surface area contributed by atoms with Crippen LogP contribution in [0.2, 0.25) is 0 Å². The minimum absolute atomic E-state index is 0.207. The minimum atomic E-state index is -0.967. The van der Waals surface area contributed by atoms with Gasteiger partial charge in [0.1, 0.15) is 0 Å². The van der Waals surface area contributed by atoms with Crippen molar-refractivity contribution in [3.63, 3.8) is 0 Å². The van der Waals surface area contributed by atoms with Crippen LogP contribution in [-0.4, -0.2) is 28.8 Å². The van der Waals surface area contributed by atoms with Gasteiger partial charge in [0.05, 0.1) is 12.5 Å². The summed E-state index contributed by atoms with van der Waals surface area (Å²) in [4.78, 5) is 10.4. The molecule has 0 spiro atoms. The fraction of sp³-hybridized carbons (Fsp3) is 0.462. The van der Waals surface area contributed by atoms with Crippen LogP contribution in [0.25, 0.3) is 0 Å². The van der Waals surface area contributed by atoms with Crippen molar-refractivity contribution in [1.29, 1.82) is 0 Å². The molecule has 0 radical (unpaired) electrons. The molecule has 1 aliphatic carbocycles. The van der Waals surface area contributed by atoms with Gasteiger partial charge < -0.3 is 15.5 Å². The third kappa shape index (κ3) is 3.05. The SMILES string of the molecule is O=C(O)CC(O)CNC1CCc2ccccc21. The Hall–Kier alpha value is -1.39. The van der Waals surface area contributed by atoms with Crippen molar-refractivity contribution in [2.24, 2.45) is 0 Å². The quantitative estimate of drug-likeness (QED) is 0.714. The highest BCUT2D eigenvalue weighted by molar-refractivity contribution is 5.67. The first-order valence-electron chi connectivity index (χ1n) is 5.88. The van der Waals surface area contributed by atoms with E-state index < -0.39 is 12.1 Å². The zero-order valence-electron chi connectivity index (χ0n) is 9.60. The maximum absolute atomic E-state index is 10.4. The Labute approximate surface area is 100 Å². The van der Waals surface area contributed by atoms with Crippen LogP contribution < -0.4 is 5.32 Å². The van der Waals surface area contributed by atoms with E-state index in [2.05, 4.69) is 17.4 Å². The van der Waals surface area contributed by atoms with Crippen LogP contribution in [0.4, 0.5) is 0 Å². The number of nitrogens with one attached hydrogen (secondary N) is 1. The van der Waals surface area contributed by atoms with Crippen molar-refractivity contribution in [2.75, 3.05) is 6.54 Å². The van der Waals surface area contributed by atoms with Gasteiger partial charge in [-0.2, -0.15) is 0 Å². The second-order valence-corrected chi connectivity index (χ2v) is 4.45. The highest BCUT2D eigenvalue weighted by Crippen LogP contribution is 2.30. The first-order valence-corrected chi connectivity index (χ1v) is 5.88. The van der Waals surface area contributed by atoms with Crippen LogP contribution in [0.5, 0.6) is 0 Å². The lowest BCUT2D eigenvalue weighted by atomic mass is 10.1. The Balaban J connectivity index is 1.87. The van der Waals surface area contributed by atoms with E-state index in [-0.39, 0.29) is 12.5 Å². The molecule has 0 heterocycles. The van der Waals surface area contributed by atoms with Gasteiger partial charge >= 0.3 is 5.97 Å². The molecule has 1 aromatic carbocycles. The summed E-state index contributed by atoms with van der Waals surface area (Å²) in [5.74, 6) is -0.967. The molecule has 4 heteroatoms. The van der Waals surface area contributed by atoms with Gasteiger partial charge in [-0.15, -0.1) is 0 Å². The predicted molar refractivity (Wildman–Crippen MR) is 63.8 cm³/mol. The highest BCUT2D eigenvalue weighted by atomic mass is 16.4. The molecule has 4 nitrogen and oxygen atoms in total. The number of carboxylic acid groups (broad SMARTS) is 1. The number of hydrogen-bond donors (Lipinski definition) is 3. The molecule has 0 aromatic heterocycles. The molecule has 2 atom stereocenters. The van der Waals surface area contributed by atoms with E-state index in [4.69, 9.17) is 5.11 Å². The fourth-order valence-electron chi connectivity index (χ4n) is 2.32. The van der Waals surface area contributed by atoms with E-state index in [9.17, 15) is 9.90 Å². The number of rotatable bonds is 5. The minimum Gasteiger partial charge on any atom is -0.481 e. The van der Waals surface area contributed by atoms with E-state index in [1.54, 1.807) is 0 Å². The van der Waals surface area contributed by atoms with E-state index in [0.717, 1.165) is 12.8 Å². The molecule has 0 amide bonds. The van der Waals surface area contributed by atoms with Gasteiger partial charge in [-0.3, -0.25) is 4.79 Å². The summed E-state index contributed by atoms with van der Waals surface area (Å²) >= 11 is 0. The highest BCUT2D eigenvalue weighted by Gasteiger charge is 2.22. The number of aliphatic hydroxyl groups excluding tert-OH is 1. The Morgan fingerprint density at radius 3 is 3.00 bits per heavy atom. The lowest BCUT2D eigenvalue weighted by Crippen LogP contribution is -2.30. The van der Waals surface area contributed by atoms with Gasteiger partial charge in [-0.25, -0.2) is 0 Å². The summed E-state index contributed by atoms with van der Waals surface area (Å²) in [6, 6.07) is 8.48. The molecule has 1 aliphatic rings. The molecule has 0 saturated carbocycles. The molecule has 0 fully saturated rings. The van der Waals surface area contributed by atoms with Crippen LogP contribution >= 0.6 is 0 Å². The van der Waals surface area contributed by atoms with Crippen molar-refractivity contribution in [2.45, 2.75) is 31.4 Å². The first-order chi connectivity index (χ1) is 8.16. The summed E-state index contributed by atoms with van der Waals surface area (Å²) in [5.41, 5.74) is 2.62. The third-order valence-electron chi connectivity index (χ3n) is 3.14. The standard InChI is InChI=1S/C13H17NO3/c15-10(7-13(16)17)8-14-12-6-5-9-3-1-2-4-11(9)12/h1-4,10,12,14-15H,5-8H2,(H,16,17). The van der Waals surface area contributed by atoms with Crippen LogP contribution in [0.1, 0.15) is 30.0 Å². The number of fused-ring (bicyclic) bond motifs is 1. The van der Waals surface area contributed by atoms with E-state index in [1.807, 2.05) is 12.1 Å². The van der Waals surface area contributed by atoms with E-state index >= 15 is 0 Å². The second-order valence-electron chi connectivity index (χ2n) is 4.45. The molecule has 2 rings (SSSR count). The number of benzene rings is 1. The van der Waals surface area contributed by atoms with Crippen molar-refractivity contribution >= 4 is 5.97 Å². The monoisotopic (exact) mass is 235 g/mol. The maximum atomic E-state index is 10.4. The average molecular weight is 235 g/mol. The van der Waals surface area contributed by atoms with Crippen LogP contribution in [0, 0.1) is 0 Å². The molecule has 2 unspecified atom stereocenters. The topological polar surface area (TPSA) is 69.6 Å². The molecular formula is C13H17NO3. The van der Waals surface area contributed by atoms with Gasteiger partial charge in [0.25, 0.3) is 0 Å². The van der Waals surface area contributed by atoms with Crippen molar-refractivity contribution in [3.05, 3.63) is 35.4 Å². The molecule has 3 N–H and O–H groups in total. The van der Waals surface area contributed by atoms with Gasteiger partial charge in [0, 0.05) is 12.6 Å². The van der Waals surface area contributed by atoms with Gasteiger partial charge in [0.15, 0.2) is 0 Å². The Morgan fingerprint density at radius 1 is 1.47 bits per heavy atom. The molecule has 0 aliphatic heterocycles. The molecule has 92 valence electrons. The summed E-state index contributed by atoms with van der Waals surface area (Å²) in [6.07, 6.45) is 1.03. The average Bonchev–Trinajstić information content (AvgIpc) is 2.69. The van der Waals surface area contributed by atoms with Crippen LogP contribution in [0.3, 0.4) is 0 Å². The summed E-state index contributed by atoms with van der Waals surface area (Å²) in [6.45, 7) is 0.325. The predicted octanol–water partition coefficient (Wildman–Crippen LogP) is 1.10. The first kappa shape index (κ1) is 12.1.